The van der Waals surface area contributed by atoms with Gasteiger partial charge in [-0.05, 0) is 11.6 Å². The third-order valence-corrected chi connectivity index (χ3v) is 2.00. The van der Waals surface area contributed by atoms with E-state index in [0.29, 0.717) is 16.3 Å². The molecule has 0 aliphatic carbocycles. The molecule has 0 aliphatic heterocycles. The van der Waals surface area contributed by atoms with E-state index >= 15 is 0 Å². The van der Waals surface area contributed by atoms with E-state index in [1.165, 1.54) is 19.2 Å². The number of hydrogen-bond acceptors (Lipinski definition) is 3. The normalized spacial score (nSPS) is 9.69. The van der Waals surface area contributed by atoms with Crippen molar-refractivity contribution in [1.82, 2.24) is 0 Å². The van der Waals surface area contributed by atoms with Gasteiger partial charge in [-0.2, -0.15) is 0 Å². The van der Waals surface area contributed by atoms with Gasteiger partial charge in [0.05, 0.1) is 7.11 Å². The van der Waals surface area contributed by atoms with Gasteiger partial charge in [-0.15, -0.1) is 0 Å². The average Bonchev–Trinajstić information content (AvgIpc) is 2.11. The summed E-state index contributed by atoms with van der Waals surface area (Å²) in [6, 6.07) is 2.91. The van der Waals surface area contributed by atoms with Gasteiger partial charge in [0.2, 0.25) is 0 Å². The first-order valence-corrected chi connectivity index (χ1v) is 4.06. The van der Waals surface area contributed by atoms with E-state index in [2.05, 4.69) is 0 Å². The molecule has 0 aromatic heterocycles. The van der Waals surface area contributed by atoms with Crippen LogP contribution in [0.2, 0.25) is 5.02 Å². The number of phenolic OH excluding ortho intramolecular Hbond substituents is 1. The fourth-order valence-electron chi connectivity index (χ4n) is 0.997. The zero-order chi connectivity index (χ0) is 9.84. The van der Waals surface area contributed by atoms with Crippen LogP contribution in [-0.2, 0) is 11.2 Å². The molecule has 0 radical (unpaired) electrons. The fourth-order valence-corrected chi connectivity index (χ4v) is 1.23. The maximum Gasteiger partial charge on any atom is 0.161 e. The molecule has 0 amide bonds. The largest absolute Gasteiger partial charge is 0.504 e. The number of carbonyl (C=O) groups is 1. The predicted molar refractivity (Wildman–Crippen MR) is 49.4 cm³/mol. The zero-order valence-electron chi connectivity index (χ0n) is 7.08. The van der Waals surface area contributed by atoms with Crippen LogP contribution in [0.25, 0.3) is 0 Å². The Morgan fingerprint density at radius 3 is 2.85 bits per heavy atom. The molecular weight excluding hydrogens is 192 g/mol. The van der Waals surface area contributed by atoms with Crippen LogP contribution < -0.4 is 4.74 Å². The quantitative estimate of drug-likeness (QED) is 0.757. The summed E-state index contributed by atoms with van der Waals surface area (Å²) in [5.41, 5.74) is 0.593. The molecule has 1 aromatic rings. The van der Waals surface area contributed by atoms with Crippen molar-refractivity contribution < 1.29 is 14.6 Å². The lowest BCUT2D eigenvalue weighted by atomic mass is 10.1. The first kappa shape index (κ1) is 9.86. The average molecular weight is 201 g/mol. The van der Waals surface area contributed by atoms with Crippen molar-refractivity contribution in [2.24, 2.45) is 0 Å². The minimum Gasteiger partial charge on any atom is -0.504 e. The molecule has 0 unspecified atom stereocenters. The summed E-state index contributed by atoms with van der Waals surface area (Å²) in [4.78, 5) is 10.2. The van der Waals surface area contributed by atoms with Gasteiger partial charge in [-0.25, -0.2) is 0 Å². The Morgan fingerprint density at radius 1 is 1.62 bits per heavy atom. The van der Waals surface area contributed by atoms with Crippen molar-refractivity contribution in [3.8, 4) is 11.5 Å². The molecule has 1 rings (SSSR count). The van der Waals surface area contributed by atoms with Crippen LogP contribution in [0.5, 0.6) is 11.5 Å². The Bertz CT molecular complexity index is 323. The predicted octanol–water partition coefficient (Wildman–Crippen LogP) is 1.80. The number of carbonyl (C=O) groups excluding carboxylic acids is 1. The second-order valence-electron chi connectivity index (χ2n) is 2.49. The Morgan fingerprint density at radius 2 is 2.31 bits per heavy atom. The Balaban J connectivity index is 3.12. The van der Waals surface area contributed by atoms with Gasteiger partial charge in [0.25, 0.3) is 0 Å². The van der Waals surface area contributed by atoms with E-state index in [1.54, 1.807) is 0 Å². The summed E-state index contributed by atoms with van der Waals surface area (Å²) < 4.78 is 4.84. The molecule has 0 saturated carbocycles. The number of phenols is 1. The Hall–Kier alpha value is -1.22. The van der Waals surface area contributed by atoms with E-state index < -0.39 is 0 Å². The Kier molecular flexibility index (Phi) is 3.14. The lowest BCUT2D eigenvalue weighted by Crippen LogP contribution is -1.90. The highest BCUT2D eigenvalue weighted by Gasteiger charge is 2.07. The fraction of sp³-hybridized carbons (Fsp3) is 0.222. The summed E-state index contributed by atoms with van der Waals surface area (Å²) in [5, 5.41) is 9.76. The number of methoxy groups -OCH3 is 1. The van der Waals surface area contributed by atoms with Gasteiger partial charge < -0.3 is 14.6 Å². The first-order valence-electron chi connectivity index (χ1n) is 3.68. The van der Waals surface area contributed by atoms with E-state index in [1.807, 2.05) is 0 Å². The highest BCUT2D eigenvalue weighted by molar-refractivity contribution is 6.31. The lowest BCUT2D eigenvalue weighted by Gasteiger charge is -2.06. The van der Waals surface area contributed by atoms with Crippen LogP contribution in [0, 0.1) is 0 Å². The molecule has 0 saturated heterocycles. The van der Waals surface area contributed by atoms with Crippen LogP contribution >= 0.6 is 11.6 Å². The third kappa shape index (κ3) is 2.12. The highest BCUT2D eigenvalue weighted by Crippen LogP contribution is 2.31. The molecule has 70 valence electrons. The van der Waals surface area contributed by atoms with Gasteiger partial charge in [-0.3, -0.25) is 0 Å². The van der Waals surface area contributed by atoms with Crippen LogP contribution in [0.15, 0.2) is 12.1 Å². The van der Waals surface area contributed by atoms with Crippen LogP contribution in [0.4, 0.5) is 0 Å². The standard InChI is InChI=1S/C9H9ClO3/c1-13-9-5-7(10)6(2-3-11)4-8(9)12/h3-5,12H,2H2,1H3. The number of aromatic hydroxyl groups is 1. The zero-order valence-corrected chi connectivity index (χ0v) is 7.84. The molecule has 4 heteroatoms. The highest BCUT2D eigenvalue weighted by atomic mass is 35.5. The van der Waals surface area contributed by atoms with Gasteiger partial charge in [0, 0.05) is 17.5 Å². The van der Waals surface area contributed by atoms with Gasteiger partial charge in [0.1, 0.15) is 6.29 Å². The van der Waals surface area contributed by atoms with E-state index in [-0.39, 0.29) is 12.2 Å². The number of ether oxygens (including phenoxy) is 1. The molecule has 1 N–H and O–H groups in total. The van der Waals surface area contributed by atoms with Crippen molar-refractivity contribution in [2.75, 3.05) is 7.11 Å². The molecule has 0 aliphatic rings. The maximum absolute atomic E-state index is 10.2. The second-order valence-corrected chi connectivity index (χ2v) is 2.89. The summed E-state index contributed by atoms with van der Waals surface area (Å²) >= 11 is 5.81. The SMILES string of the molecule is COc1cc(Cl)c(CC=O)cc1O. The number of aldehydes is 1. The number of halogens is 1. The van der Waals surface area contributed by atoms with E-state index in [9.17, 15) is 9.90 Å². The minimum absolute atomic E-state index is 0.0104. The van der Waals surface area contributed by atoms with Crippen LogP contribution in [0.1, 0.15) is 5.56 Å². The third-order valence-electron chi connectivity index (χ3n) is 1.65. The van der Waals surface area contributed by atoms with Crippen molar-refractivity contribution in [3.63, 3.8) is 0 Å². The molecule has 13 heavy (non-hydrogen) atoms. The number of rotatable bonds is 3. The lowest BCUT2D eigenvalue weighted by molar-refractivity contribution is -0.107. The van der Waals surface area contributed by atoms with Crippen molar-refractivity contribution in [2.45, 2.75) is 6.42 Å². The molecular formula is C9H9ClO3. The molecule has 0 heterocycles. The summed E-state index contributed by atoms with van der Waals surface area (Å²) in [7, 11) is 1.44. The van der Waals surface area contributed by atoms with Gasteiger partial charge >= 0.3 is 0 Å². The van der Waals surface area contributed by atoms with Gasteiger partial charge in [-0.1, -0.05) is 11.6 Å². The summed E-state index contributed by atoms with van der Waals surface area (Å²) in [5.74, 6) is 0.295. The van der Waals surface area contributed by atoms with Crippen molar-refractivity contribution in [1.29, 1.82) is 0 Å². The maximum atomic E-state index is 10.2. The molecule has 0 fully saturated rings. The molecule has 0 atom stereocenters. The molecule has 3 nitrogen and oxygen atoms in total. The first-order chi connectivity index (χ1) is 6.19. The topological polar surface area (TPSA) is 46.5 Å². The van der Waals surface area contributed by atoms with Crippen LogP contribution in [0.3, 0.4) is 0 Å². The minimum atomic E-state index is -0.0104. The van der Waals surface area contributed by atoms with E-state index in [0.717, 1.165) is 6.29 Å². The summed E-state index contributed by atoms with van der Waals surface area (Å²) in [6.07, 6.45) is 0.920. The van der Waals surface area contributed by atoms with Crippen molar-refractivity contribution in [3.05, 3.63) is 22.7 Å². The molecule has 0 spiro atoms. The van der Waals surface area contributed by atoms with Crippen molar-refractivity contribution >= 4 is 17.9 Å². The smallest absolute Gasteiger partial charge is 0.161 e. The van der Waals surface area contributed by atoms with Crippen LogP contribution in [-0.4, -0.2) is 18.5 Å². The Labute approximate surface area is 80.9 Å². The number of benzene rings is 1. The monoisotopic (exact) mass is 200 g/mol. The summed E-state index contributed by atoms with van der Waals surface area (Å²) in [6.45, 7) is 0. The number of hydrogen-bond donors (Lipinski definition) is 1. The van der Waals surface area contributed by atoms with Gasteiger partial charge in [0.15, 0.2) is 11.5 Å². The van der Waals surface area contributed by atoms with E-state index in [4.69, 9.17) is 16.3 Å². The second kappa shape index (κ2) is 4.14. The molecule has 1 aromatic carbocycles. The molecule has 0 bridgehead atoms.